The summed E-state index contributed by atoms with van der Waals surface area (Å²) in [7, 11) is 0. The Bertz CT molecular complexity index is 696. The van der Waals surface area contributed by atoms with Crippen molar-refractivity contribution in [2.75, 3.05) is 39.5 Å². The van der Waals surface area contributed by atoms with Crippen LogP contribution >= 0.6 is 0 Å². The molecular formula is C17H21N3O5. The number of fused-ring (bicyclic) bond motifs is 1. The molecule has 1 aromatic carbocycles. The summed E-state index contributed by atoms with van der Waals surface area (Å²) in [5, 5.41) is 11.2. The minimum Gasteiger partial charge on any atom is -0.454 e. The highest BCUT2D eigenvalue weighted by molar-refractivity contribution is 5.92. The maximum Gasteiger partial charge on any atom is 0.280 e. The van der Waals surface area contributed by atoms with Crippen molar-refractivity contribution in [3.05, 3.63) is 33.9 Å². The van der Waals surface area contributed by atoms with Crippen molar-refractivity contribution in [2.45, 2.75) is 13.3 Å². The minimum atomic E-state index is -0.490. The maximum absolute atomic E-state index is 12.3. The summed E-state index contributed by atoms with van der Waals surface area (Å²) in [6.07, 6.45) is 3.96. The molecule has 2 aliphatic rings. The van der Waals surface area contributed by atoms with Crippen LogP contribution in [0.3, 0.4) is 0 Å². The predicted molar refractivity (Wildman–Crippen MR) is 91.6 cm³/mol. The molecule has 2 heterocycles. The summed E-state index contributed by atoms with van der Waals surface area (Å²) >= 11 is 0. The molecule has 3 rings (SSSR count). The second kappa shape index (κ2) is 7.52. The van der Waals surface area contributed by atoms with E-state index in [0.29, 0.717) is 30.2 Å². The number of nitro benzene ring substituents is 1. The van der Waals surface area contributed by atoms with Crippen molar-refractivity contribution in [3.8, 4) is 11.5 Å². The highest BCUT2D eigenvalue weighted by Crippen LogP contribution is 2.38. The van der Waals surface area contributed by atoms with E-state index in [2.05, 4.69) is 11.8 Å². The molecule has 1 fully saturated rings. The molecule has 8 heteroatoms. The number of piperazine rings is 1. The van der Waals surface area contributed by atoms with Gasteiger partial charge in [-0.25, -0.2) is 0 Å². The first-order chi connectivity index (χ1) is 12.1. The number of hydrogen-bond donors (Lipinski definition) is 0. The third-order valence-corrected chi connectivity index (χ3v) is 4.35. The van der Waals surface area contributed by atoms with Crippen molar-refractivity contribution in [2.24, 2.45) is 0 Å². The second-order valence-corrected chi connectivity index (χ2v) is 6.02. The summed E-state index contributed by atoms with van der Waals surface area (Å²) in [6.45, 7) is 6.29. The Labute approximate surface area is 145 Å². The Morgan fingerprint density at radius 1 is 1.24 bits per heavy atom. The van der Waals surface area contributed by atoms with Gasteiger partial charge < -0.3 is 14.4 Å². The van der Waals surface area contributed by atoms with E-state index in [4.69, 9.17) is 9.47 Å². The van der Waals surface area contributed by atoms with Gasteiger partial charge in [-0.1, -0.05) is 6.92 Å². The van der Waals surface area contributed by atoms with Gasteiger partial charge in [0.2, 0.25) is 12.7 Å². The lowest BCUT2D eigenvalue weighted by Gasteiger charge is -2.34. The van der Waals surface area contributed by atoms with Crippen LogP contribution in [0.5, 0.6) is 11.5 Å². The van der Waals surface area contributed by atoms with Crippen molar-refractivity contribution in [1.29, 1.82) is 0 Å². The zero-order valence-electron chi connectivity index (χ0n) is 14.1. The molecule has 0 spiro atoms. The van der Waals surface area contributed by atoms with Crippen molar-refractivity contribution in [3.63, 3.8) is 0 Å². The van der Waals surface area contributed by atoms with E-state index in [-0.39, 0.29) is 18.4 Å². The predicted octanol–water partition coefficient (Wildman–Crippen LogP) is 1.89. The molecule has 8 nitrogen and oxygen atoms in total. The van der Waals surface area contributed by atoms with E-state index < -0.39 is 4.92 Å². The molecule has 1 aromatic rings. The second-order valence-electron chi connectivity index (χ2n) is 6.02. The molecule has 0 aromatic heterocycles. The normalized spacial score (nSPS) is 17.2. The van der Waals surface area contributed by atoms with Gasteiger partial charge in [-0.2, -0.15) is 0 Å². The lowest BCUT2D eigenvalue weighted by Crippen LogP contribution is -2.48. The molecule has 1 saturated heterocycles. The fourth-order valence-corrected chi connectivity index (χ4v) is 3.01. The van der Waals surface area contributed by atoms with Gasteiger partial charge in [0.1, 0.15) is 0 Å². The number of ether oxygens (including phenoxy) is 2. The molecule has 0 atom stereocenters. The highest BCUT2D eigenvalue weighted by atomic mass is 16.7. The Kier molecular flexibility index (Phi) is 5.18. The molecule has 0 aliphatic carbocycles. The highest BCUT2D eigenvalue weighted by Gasteiger charge is 2.23. The average Bonchev–Trinajstić information content (AvgIpc) is 3.07. The molecule has 0 saturated carbocycles. The standard InChI is InChI=1S/C17H21N3O5/c1-2-5-18-6-8-19(9-7-18)17(21)4-3-13-10-15-16(25-12-24-15)11-14(13)20(22)23/h3-4,10-11H,2,5-9,12H2,1H3. The van der Waals surface area contributed by atoms with Crippen LogP contribution in [0.4, 0.5) is 5.69 Å². The average molecular weight is 347 g/mol. The summed E-state index contributed by atoms with van der Waals surface area (Å²) in [6, 6.07) is 2.86. The van der Waals surface area contributed by atoms with Crippen molar-refractivity contribution < 1.29 is 19.2 Å². The van der Waals surface area contributed by atoms with Gasteiger partial charge in [0.25, 0.3) is 5.69 Å². The molecule has 25 heavy (non-hydrogen) atoms. The van der Waals surface area contributed by atoms with E-state index in [0.717, 1.165) is 26.1 Å². The number of hydrogen-bond acceptors (Lipinski definition) is 6. The number of rotatable bonds is 5. The van der Waals surface area contributed by atoms with Crippen LogP contribution in [0, 0.1) is 10.1 Å². The maximum atomic E-state index is 12.3. The molecule has 1 amide bonds. The fraction of sp³-hybridized carbons (Fsp3) is 0.471. The van der Waals surface area contributed by atoms with Gasteiger partial charge >= 0.3 is 0 Å². The Balaban J connectivity index is 1.69. The summed E-state index contributed by atoms with van der Waals surface area (Å²) < 4.78 is 10.4. The number of carbonyl (C=O) groups is 1. The van der Waals surface area contributed by atoms with Crippen LogP contribution in [0.1, 0.15) is 18.9 Å². The van der Waals surface area contributed by atoms with E-state index in [1.54, 1.807) is 4.90 Å². The van der Waals surface area contributed by atoms with Crippen LogP contribution in [0.2, 0.25) is 0 Å². The first kappa shape index (κ1) is 17.2. The first-order valence-corrected chi connectivity index (χ1v) is 8.36. The summed E-state index contributed by atoms with van der Waals surface area (Å²) in [5.41, 5.74) is 0.216. The molecule has 0 unspecified atom stereocenters. The summed E-state index contributed by atoms with van der Waals surface area (Å²) in [5.74, 6) is 0.663. The number of nitro groups is 1. The number of amides is 1. The van der Waals surface area contributed by atoms with Crippen LogP contribution in [-0.4, -0.2) is 60.1 Å². The first-order valence-electron chi connectivity index (χ1n) is 8.36. The lowest BCUT2D eigenvalue weighted by molar-refractivity contribution is -0.385. The fourth-order valence-electron chi connectivity index (χ4n) is 3.01. The molecule has 0 radical (unpaired) electrons. The zero-order valence-corrected chi connectivity index (χ0v) is 14.1. The van der Waals surface area contributed by atoms with Crippen molar-refractivity contribution >= 4 is 17.7 Å². The lowest BCUT2D eigenvalue weighted by atomic mass is 10.1. The third-order valence-electron chi connectivity index (χ3n) is 4.35. The van der Waals surface area contributed by atoms with E-state index in [1.807, 2.05) is 0 Å². The van der Waals surface area contributed by atoms with Crippen LogP contribution in [-0.2, 0) is 4.79 Å². The minimum absolute atomic E-state index is 0.0423. The van der Waals surface area contributed by atoms with E-state index in [9.17, 15) is 14.9 Å². The smallest absolute Gasteiger partial charge is 0.280 e. The van der Waals surface area contributed by atoms with Gasteiger partial charge in [0, 0.05) is 32.3 Å². The van der Waals surface area contributed by atoms with Crippen LogP contribution in [0.15, 0.2) is 18.2 Å². The Morgan fingerprint density at radius 3 is 2.56 bits per heavy atom. The quantitative estimate of drug-likeness (QED) is 0.459. The third kappa shape index (κ3) is 3.90. The molecule has 134 valence electrons. The zero-order chi connectivity index (χ0) is 17.8. The van der Waals surface area contributed by atoms with E-state index in [1.165, 1.54) is 24.3 Å². The number of carbonyl (C=O) groups excluding carboxylic acids is 1. The molecular weight excluding hydrogens is 326 g/mol. The largest absolute Gasteiger partial charge is 0.454 e. The van der Waals surface area contributed by atoms with Crippen LogP contribution in [0.25, 0.3) is 6.08 Å². The topological polar surface area (TPSA) is 85.2 Å². The van der Waals surface area contributed by atoms with Gasteiger partial charge in [0.15, 0.2) is 11.5 Å². The number of benzene rings is 1. The van der Waals surface area contributed by atoms with Crippen LogP contribution < -0.4 is 9.47 Å². The monoisotopic (exact) mass is 347 g/mol. The molecule has 0 N–H and O–H groups in total. The Hall–Kier alpha value is -2.61. The SMILES string of the molecule is CCCN1CCN(C(=O)C=Cc2cc3c(cc2[N+](=O)[O-])OCO3)CC1. The number of nitrogens with zero attached hydrogens (tertiary/aromatic N) is 3. The summed E-state index contributed by atoms with van der Waals surface area (Å²) in [4.78, 5) is 27.2. The van der Waals surface area contributed by atoms with Gasteiger partial charge in [0.05, 0.1) is 16.6 Å². The van der Waals surface area contributed by atoms with Gasteiger partial charge in [-0.3, -0.25) is 19.8 Å². The van der Waals surface area contributed by atoms with Gasteiger partial charge in [-0.15, -0.1) is 0 Å². The van der Waals surface area contributed by atoms with E-state index >= 15 is 0 Å². The molecule has 0 bridgehead atoms. The van der Waals surface area contributed by atoms with Gasteiger partial charge in [-0.05, 0) is 25.1 Å². The Morgan fingerprint density at radius 2 is 1.92 bits per heavy atom. The van der Waals surface area contributed by atoms with Crippen molar-refractivity contribution in [1.82, 2.24) is 9.80 Å². The molecule has 2 aliphatic heterocycles.